The number of carbonyl (C=O) groups excluding carboxylic acids is 1. The molecule has 1 unspecified atom stereocenters. The lowest BCUT2D eigenvalue weighted by atomic mass is 10.0. The lowest BCUT2D eigenvalue weighted by molar-refractivity contribution is -0.136. The molecular formula is C23H19FN4O3. The number of nitriles is 1. The second kappa shape index (κ2) is 7.52. The molecule has 7 nitrogen and oxygen atoms in total. The molecule has 156 valence electrons. The Labute approximate surface area is 177 Å². The van der Waals surface area contributed by atoms with Gasteiger partial charge in [0.05, 0.1) is 30.4 Å². The summed E-state index contributed by atoms with van der Waals surface area (Å²) in [6.45, 7) is 1.69. The third-order valence-electron chi connectivity index (χ3n) is 5.69. The van der Waals surface area contributed by atoms with Crippen LogP contribution in [0, 0.1) is 17.1 Å². The van der Waals surface area contributed by atoms with Crippen molar-refractivity contribution < 1.29 is 13.9 Å². The number of hydrogen-bond donors (Lipinski definition) is 1. The van der Waals surface area contributed by atoms with Gasteiger partial charge in [0.1, 0.15) is 17.4 Å². The van der Waals surface area contributed by atoms with Crippen molar-refractivity contribution in [3.8, 4) is 6.07 Å². The van der Waals surface area contributed by atoms with Crippen LogP contribution in [0.15, 0.2) is 53.3 Å². The molecule has 0 radical (unpaired) electrons. The van der Waals surface area contributed by atoms with E-state index in [4.69, 9.17) is 4.74 Å². The lowest BCUT2D eigenvalue weighted by Gasteiger charge is -2.40. The van der Waals surface area contributed by atoms with E-state index in [1.807, 2.05) is 24.3 Å². The summed E-state index contributed by atoms with van der Waals surface area (Å²) in [5.74, 6) is -0.363. The Bertz CT molecular complexity index is 1270. The van der Waals surface area contributed by atoms with Gasteiger partial charge in [-0.05, 0) is 23.8 Å². The first-order valence-corrected chi connectivity index (χ1v) is 10.0. The maximum Gasteiger partial charge on any atom is 0.271 e. The number of halogens is 1. The fourth-order valence-corrected chi connectivity index (χ4v) is 3.94. The number of fused-ring (bicyclic) bond motifs is 1. The van der Waals surface area contributed by atoms with E-state index in [9.17, 15) is 19.2 Å². The SMILES string of the molecule is N#Cc1c(NC2CN(C(=O)C3CO3)C2)c2ccccc2n(Cc2ccc(F)cc2)c1=O. The molecule has 1 aromatic heterocycles. The lowest BCUT2D eigenvalue weighted by Crippen LogP contribution is -2.58. The molecule has 0 aliphatic carbocycles. The average molecular weight is 418 g/mol. The summed E-state index contributed by atoms with van der Waals surface area (Å²) in [6.07, 6.45) is -0.313. The molecular weight excluding hydrogens is 399 g/mol. The number of para-hydroxylation sites is 1. The number of carbonyl (C=O) groups is 1. The fourth-order valence-electron chi connectivity index (χ4n) is 3.94. The van der Waals surface area contributed by atoms with Gasteiger partial charge in [-0.25, -0.2) is 4.39 Å². The van der Waals surface area contributed by atoms with Crippen LogP contribution in [0.3, 0.4) is 0 Å². The summed E-state index contributed by atoms with van der Waals surface area (Å²) in [7, 11) is 0. The van der Waals surface area contributed by atoms with Crippen LogP contribution in [-0.4, -0.2) is 47.2 Å². The van der Waals surface area contributed by atoms with Crippen molar-refractivity contribution in [2.75, 3.05) is 25.0 Å². The van der Waals surface area contributed by atoms with E-state index in [-0.39, 0.29) is 36.0 Å². The number of rotatable bonds is 5. The zero-order valence-corrected chi connectivity index (χ0v) is 16.5. The molecule has 2 aliphatic heterocycles. The minimum absolute atomic E-state index is 0.0156. The number of nitrogens with zero attached hydrogens (tertiary/aromatic N) is 3. The van der Waals surface area contributed by atoms with Crippen molar-refractivity contribution in [2.24, 2.45) is 0 Å². The molecule has 5 rings (SSSR count). The summed E-state index contributed by atoms with van der Waals surface area (Å²) in [4.78, 5) is 27.0. The predicted octanol–water partition coefficient (Wildman–Crippen LogP) is 2.08. The number of aromatic nitrogens is 1. The highest BCUT2D eigenvalue weighted by Crippen LogP contribution is 2.28. The Morgan fingerprint density at radius 2 is 1.90 bits per heavy atom. The average Bonchev–Trinajstić information content (AvgIpc) is 3.59. The topological polar surface area (TPSA) is 90.7 Å². The molecule has 0 spiro atoms. The van der Waals surface area contributed by atoms with Gasteiger partial charge >= 0.3 is 0 Å². The Morgan fingerprint density at radius 3 is 2.58 bits per heavy atom. The Morgan fingerprint density at radius 1 is 1.19 bits per heavy atom. The first-order chi connectivity index (χ1) is 15.0. The van der Waals surface area contributed by atoms with Gasteiger partial charge in [-0.3, -0.25) is 9.59 Å². The van der Waals surface area contributed by atoms with Crippen LogP contribution >= 0.6 is 0 Å². The van der Waals surface area contributed by atoms with Crippen LogP contribution < -0.4 is 10.9 Å². The minimum atomic E-state index is -0.410. The molecule has 0 saturated carbocycles. The Balaban J connectivity index is 1.49. The van der Waals surface area contributed by atoms with Gasteiger partial charge < -0.3 is 19.5 Å². The third kappa shape index (κ3) is 3.53. The number of nitrogens with one attached hydrogen (secondary N) is 1. The van der Waals surface area contributed by atoms with Gasteiger partial charge in [-0.1, -0.05) is 30.3 Å². The van der Waals surface area contributed by atoms with Crippen LogP contribution in [-0.2, 0) is 16.1 Å². The van der Waals surface area contributed by atoms with Gasteiger partial charge in [0.2, 0.25) is 0 Å². The van der Waals surface area contributed by atoms with Crippen LogP contribution in [0.25, 0.3) is 10.9 Å². The molecule has 1 amide bonds. The molecule has 2 fully saturated rings. The number of ether oxygens (including phenoxy) is 1. The Kier molecular flexibility index (Phi) is 4.68. The fraction of sp³-hybridized carbons (Fsp3) is 0.261. The van der Waals surface area contributed by atoms with E-state index in [0.29, 0.717) is 30.9 Å². The summed E-state index contributed by atoms with van der Waals surface area (Å²) in [5, 5.41) is 13.8. The zero-order chi connectivity index (χ0) is 21.5. The molecule has 31 heavy (non-hydrogen) atoms. The molecule has 1 atom stereocenters. The quantitative estimate of drug-likeness (QED) is 0.641. The van der Waals surface area contributed by atoms with Gasteiger partial charge in [-0.15, -0.1) is 0 Å². The zero-order valence-electron chi connectivity index (χ0n) is 16.5. The number of pyridine rings is 1. The number of anilines is 1. The molecule has 8 heteroatoms. The maximum absolute atomic E-state index is 13.3. The van der Waals surface area contributed by atoms with Crippen molar-refractivity contribution in [1.29, 1.82) is 5.26 Å². The molecule has 2 aliphatic rings. The van der Waals surface area contributed by atoms with Gasteiger partial charge in [0, 0.05) is 18.5 Å². The highest BCUT2D eigenvalue weighted by atomic mass is 19.1. The molecule has 2 aromatic carbocycles. The maximum atomic E-state index is 13.3. The standard InChI is InChI=1S/C23H19FN4O3/c24-15-7-5-14(6-8-15)10-28-19-4-2-1-3-17(19)21(18(9-25)22(28)29)26-16-11-27(12-16)23(30)20-13-31-20/h1-8,16,20,26H,10-13H2. The minimum Gasteiger partial charge on any atom is -0.377 e. The van der Waals surface area contributed by atoms with Crippen LogP contribution in [0.1, 0.15) is 11.1 Å². The van der Waals surface area contributed by atoms with Gasteiger partial charge in [-0.2, -0.15) is 5.26 Å². The van der Waals surface area contributed by atoms with Crippen molar-refractivity contribution in [3.05, 3.63) is 75.8 Å². The molecule has 3 aromatic rings. The summed E-state index contributed by atoms with van der Waals surface area (Å²) >= 11 is 0. The largest absolute Gasteiger partial charge is 0.377 e. The number of amides is 1. The number of epoxide rings is 1. The number of benzene rings is 2. The normalized spacial score (nSPS) is 17.8. The summed E-state index contributed by atoms with van der Waals surface area (Å²) < 4.78 is 19.8. The van der Waals surface area contributed by atoms with E-state index in [1.165, 1.54) is 16.7 Å². The van der Waals surface area contributed by atoms with Crippen LogP contribution in [0.2, 0.25) is 0 Å². The molecule has 0 bridgehead atoms. The second-order valence-electron chi connectivity index (χ2n) is 7.80. The first kappa shape index (κ1) is 19.3. The second-order valence-corrected chi connectivity index (χ2v) is 7.80. The van der Waals surface area contributed by atoms with Crippen LogP contribution in [0.4, 0.5) is 10.1 Å². The van der Waals surface area contributed by atoms with Gasteiger partial charge in [0.15, 0.2) is 6.10 Å². The van der Waals surface area contributed by atoms with Crippen molar-refractivity contribution >= 4 is 22.5 Å². The number of likely N-dealkylation sites (tertiary alicyclic amines) is 1. The summed E-state index contributed by atoms with van der Waals surface area (Å²) in [6, 6.07) is 15.3. The third-order valence-corrected chi connectivity index (χ3v) is 5.69. The number of hydrogen-bond acceptors (Lipinski definition) is 5. The highest BCUT2D eigenvalue weighted by molar-refractivity contribution is 5.94. The molecule has 1 N–H and O–H groups in total. The van der Waals surface area contributed by atoms with Gasteiger partial charge in [0.25, 0.3) is 11.5 Å². The van der Waals surface area contributed by atoms with E-state index in [2.05, 4.69) is 11.4 Å². The predicted molar refractivity (Wildman–Crippen MR) is 112 cm³/mol. The first-order valence-electron chi connectivity index (χ1n) is 10.0. The Hall–Kier alpha value is -3.70. The molecule has 3 heterocycles. The summed E-state index contributed by atoms with van der Waals surface area (Å²) in [5.41, 5.74) is 1.53. The van der Waals surface area contributed by atoms with Crippen LogP contribution in [0.5, 0.6) is 0 Å². The van der Waals surface area contributed by atoms with Crippen molar-refractivity contribution in [2.45, 2.75) is 18.7 Å². The van der Waals surface area contributed by atoms with Crippen molar-refractivity contribution in [3.63, 3.8) is 0 Å². The van der Waals surface area contributed by atoms with E-state index in [0.717, 1.165) is 10.9 Å². The van der Waals surface area contributed by atoms with E-state index >= 15 is 0 Å². The van der Waals surface area contributed by atoms with Crippen molar-refractivity contribution in [1.82, 2.24) is 9.47 Å². The molecule has 2 saturated heterocycles. The smallest absolute Gasteiger partial charge is 0.271 e. The van der Waals surface area contributed by atoms with E-state index < -0.39 is 5.56 Å². The highest BCUT2D eigenvalue weighted by Gasteiger charge is 2.40. The monoisotopic (exact) mass is 418 g/mol. The van der Waals surface area contributed by atoms with E-state index in [1.54, 1.807) is 17.0 Å².